The summed E-state index contributed by atoms with van der Waals surface area (Å²) in [5.74, 6) is 0.810. The molecule has 1 aliphatic heterocycles. The number of nitrogens with zero attached hydrogens (tertiary/aromatic N) is 6. The molecular formula is C24H28N6O2. The molecule has 1 fully saturated rings. The van der Waals surface area contributed by atoms with Crippen LogP contribution >= 0.6 is 0 Å². The highest BCUT2D eigenvalue weighted by Crippen LogP contribution is 2.34. The van der Waals surface area contributed by atoms with Crippen LogP contribution in [-0.4, -0.2) is 64.5 Å². The summed E-state index contributed by atoms with van der Waals surface area (Å²) < 4.78 is 5.44. The third-order valence-corrected chi connectivity index (χ3v) is 5.61. The third kappa shape index (κ3) is 4.75. The summed E-state index contributed by atoms with van der Waals surface area (Å²) in [6, 6.07) is 7.67. The van der Waals surface area contributed by atoms with Crippen molar-refractivity contribution in [3.63, 3.8) is 0 Å². The average Bonchev–Trinajstić information content (AvgIpc) is 3.33. The van der Waals surface area contributed by atoms with Gasteiger partial charge in [-0.3, -0.25) is 4.79 Å². The van der Waals surface area contributed by atoms with Crippen LogP contribution in [-0.2, 0) is 11.3 Å². The summed E-state index contributed by atoms with van der Waals surface area (Å²) in [7, 11) is 3.84. The van der Waals surface area contributed by atoms with Crippen molar-refractivity contribution in [1.29, 1.82) is 0 Å². The number of aromatic nitrogens is 4. The first-order chi connectivity index (χ1) is 15.6. The first-order valence-electron chi connectivity index (χ1n) is 10.8. The van der Waals surface area contributed by atoms with Crippen LogP contribution < -0.4 is 4.90 Å². The molecule has 0 saturated carbocycles. The minimum Gasteiger partial charge on any atom is -0.377 e. The number of hydrogen-bond acceptors (Lipinski definition) is 7. The van der Waals surface area contributed by atoms with Gasteiger partial charge in [0.15, 0.2) is 0 Å². The van der Waals surface area contributed by atoms with Gasteiger partial charge in [0.25, 0.3) is 5.91 Å². The van der Waals surface area contributed by atoms with E-state index in [1.54, 1.807) is 12.4 Å². The lowest BCUT2D eigenvalue weighted by atomic mass is 9.97. The van der Waals surface area contributed by atoms with Crippen LogP contribution in [0, 0.1) is 0 Å². The fourth-order valence-electron chi connectivity index (χ4n) is 3.89. The summed E-state index contributed by atoms with van der Waals surface area (Å²) in [5, 5.41) is 0. The number of likely N-dealkylation sites (tertiary alicyclic amines) is 1. The molecule has 2 aromatic heterocycles. The van der Waals surface area contributed by atoms with Gasteiger partial charge in [-0.1, -0.05) is 12.1 Å². The van der Waals surface area contributed by atoms with Gasteiger partial charge in [-0.05, 0) is 31.0 Å². The van der Waals surface area contributed by atoms with Gasteiger partial charge in [-0.25, -0.2) is 19.9 Å². The lowest BCUT2D eigenvalue weighted by molar-refractivity contribution is 0.0790. The fraction of sp³-hybridized carbons (Fsp3) is 0.375. The number of amides is 1. The van der Waals surface area contributed by atoms with Crippen molar-refractivity contribution in [3.8, 4) is 11.1 Å². The van der Waals surface area contributed by atoms with Crippen LogP contribution in [0.25, 0.3) is 11.1 Å². The van der Waals surface area contributed by atoms with E-state index in [9.17, 15) is 4.79 Å². The fourth-order valence-corrected chi connectivity index (χ4v) is 3.89. The van der Waals surface area contributed by atoms with Crippen molar-refractivity contribution < 1.29 is 9.53 Å². The van der Waals surface area contributed by atoms with Gasteiger partial charge in [-0.15, -0.1) is 0 Å². The molecule has 0 N–H and O–H groups in total. The molecule has 0 aliphatic carbocycles. The molecule has 1 aromatic carbocycles. The Bertz CT molecular complexity index is 1060. The van der Waals surface area contributed by atoms with Crippen molar-refractivity contribution in [1.82, 2.24) is 24.8 Å². The molecule has 3 aromatic rings. The number of anilines is 1. The van der Waals surface area contributed by atoms with E-state index in [0.29, 0.717) is 37.8 Å². The smallest absolute Gasteiger partial charge is 0.253 e. The van der Waals surface area contributed by atoms with E-state index in [-0.39, 0.29) is 11.8 Å². The Morgan fingerprint density at radius 1 is 1.16 bits per heavy atom. The topological polar surface area (TPSA) is 84.3 Å². The Morgan fingerprint density at radius 3 is 2.59 bits per heavy atom. The molecule has 0 unspecified atom stereocenters. The molecule has 32 heavy (non-hydrogen) atoms. The number of rotatable bonds is 7. The molecule has 8 nitrogen and oxygen atoms in total. The Hall–Kier alpha value is -3.39. The summed E-state index contributed by atoms with van der Waals surface area (Å²) in [5.41, 5.74) is 4.48. The molecule has 4 rings (SSSR count). The first-order valence-corrected chi connectivity index (χ1v) is 10.8. The zero-order valence-electron chi connectivity index (χ0n) is 18.7. The summed E-state index contributed by atoms with van der Waals surface area (Å²) >= 11 is 0. The molecule has 1 saturated heterocycles. The predicted molar refractivity (Wildman–Crippen MR) is 122 cm³/mol. The first kappa shape index (κ1) is 21.8. The monoisotopic (exact) mass is 432 g/mol. The van der Waals surface area contributed by atoms with Crippen LogP contribution in [0.15, 0.2) is 49.2 Å². The highest BCUT2D eigenvalue weighted by atomic mass is 16.5. The molecule has 0 radical (unpaired) electrons. The maximum atomic E-state index is 13.1. The zero-order chi connectivity index (χ0) is 22.5. The summed E-state index contributed by atoms with van der Waals surface area (Å²) in [4.78, 5) is 34.5. The number of benzene rings is 1. The highest BCUT2D eigenvalue weighted by Gasteiger charge is 2.31. The molecule has 1 aliphatic rings. The van der Waals surface area contributed by atoms with Gasteiger partial charge in [0.05, 0.1) is 12.3 Å². The van der Waals surface area contributed by atoms with Crippen LogP contribution in [0.5, 0.6) is 0 Å². The molecule has 8 heteroatoms. The lowest BCUT2D eigenvalue weighted by Gasteiger charge is -2.19. The van der Waals surface area contributed by atoms with E-state index in [0.717, 1.165) is 28.8 Å². The van der Waals surface area contributed by atoms with Gasteiger partial charge >= 0.3 is 0 Å². The number of ether oxygens (including phenoxy) is 1. The van der Waals surface area contributed by atoms with Crippen molar-refractivity contribution in [3.05, 3.63) is 66.0 Å². The van der Waals surface area contributed by atoms with E-state index in [1.807, 2.05) is 61.3 Å². The zero-order valence-corrected chi connectivity index (χ0v) is 18.7. The Balaban J connectivity index is 1.55. The second kappa shape index (κ2) is 9.82. The Morgan fingerprint density at radius 2 is 1.91 bits per heavy atom. The normalized spacial score (nSPS) is 15.7. The molecular weight excluding hydrogens is 404 g/mol. The van der Waals surface area contributed by atoms with Crippen LogP contribution in [0.2, 0.25) is 0 Å². The quantitative estimate of drug-likeness (QED) is 0.567. The Kier molecular flexibility index (Phi) is 6.70. The van der Waals surface area contributed by atoms with E-state index < -0.39 is 0 Å². The number of carbonyl (C=O) groups excluding carboxylic acids is 1. The predicted octanol–water partition coefficient (Wildman–Crippen LogP) is 3.17. The van der Waals surface area contributed by atoms with Crippen LogP contribution in [0.4, 0.5) is 5.95 Å². The Labute approximate surface area is 188 Å². The molecule has 0 spiro atoms. The van der Waals surface area contributed by atoms with Crippen LogP contribution in [0.1, 0.15) is 40.9 Å². The van der Waals surface area contributed by atoms with Gasteiger partial charge in [0, 0.05) is 75.0 Å². The SMILES string of the molecule is CCOCc1ccc(C(=O)N2CC[C@H](c3nc(N(C)C)ncc3-c3cncnc3)C2)cc1. The maximum absolute atomic E-state index is 13.1. The molecule has 166 valence electrons. The molecule has 1 atom stereocenters. The third-order valence-electron chi connectivity index (χ3n) is 5.61. The van der Waals surface area contributed by atoms with Gasteiger partial charge in [0.1, 0.15) is 6.33 Å². The number of carbonyl (C=O) groups is 1. The van der Waals surface area contributed by atoms with Gasteiger partial charge in [0.2, 0.25) is 5.95 Å². The second-order valence-electron chi connectivity index (χ2n) is 8.06. The molecule has 3 heterocycles. The van der Waals surface area contributed by atoms with Crippen molar-refractivity contribution >= 4 is 11.9 Å². The second-order valence-corrected chi connectivity index (χ2v) is 8.06. The van der Waals surface area contributed by atoms with Crippen molar-refractivity contribution in [2.45, 2.75) is 25.9 Å². The average molecular weight is 433 g/mol. The molecule has 1 amide bonds. The standard InChI is InChI=1S/C24H28N6O2/c1-4-32-15-17-5-7-18(8-6-17)23(31)30-10-9-19(14-30)22-21(20-11-25-16-26-12-20)13-27-24(28-22)29(2)3/h5-8,11-13,16,19H,4,9-10,14-15H2,1-3H3/t19-/m0/s1. The van der Waals surface area contributed by atoms with Gasteiger partial charge in [-0.2, -0.15) is 0 Å². The summed E-state index contributed by atoms with van der Waals surface area (Å²) in [6.45, 7) is 4.51. The van der Waals surface area contributed by atoms with E-state index in [4.69, 9.17) is 9.72 Å². The van der Waals surface area contributed by atoms with Crippen molar-refractivity contribution in [2.75, 3.05) is 38.7 Å². The minimum absolute atomic E-state index is 0.0435. The molecule has 0 bridgehead atoms. The summed E-state index contributed by atoms with van der Waals surface area (Å²) in [6.07, 6.45) is 7.73. The minimum atomic E-state index is 0.0435. The van der Waals surface area contributed by atoms with Crippen LogP contribution in [0.3, 0.4) is 0 Å². The largest absolute Gasteiger partial charge is 0.377 e. The van der Waals surface area contributed by atoms with E-state index in [2.05, 4.69) is 15.0 Å². The van der Waals surface area contributed by atoms with Gasteiger partial charge < -0.3 is 14.5 Å². The maximum Gasteiger partial charge on any atom is 0.253 e. The van der Waals surface area contributed by atoms with E-state index in [1.165, 1.54) is 6.33 Å². The number of hydrogen-bond donors (Lipinski definition) is 0. The van der Waals surface area contributed by atoms with E-state index >= 15 is 0 Å². The van der Waals surface area contributed by atoms with Crippen molar-refractivity contribution in [2.24, 2.45) is 0 Å². The lowest BCUT2D eigenvalue weighted by Crippen LogP contribution is -2.28. The highest BCUT2D eigenvalue weighted by molar-refractivity contribution is 5.94.